The van der Waals surface area contributed by atoms with Crippen molar-refractivity contribution in [2.45, 2.75) is 63.8 Å². The molecule has 2 N–H and O–H groups in total. The Bertz CT molecular complexity index is 818. The fraction of sp³-hybridized carbons (Fsp3) is 0.609. The fourth-order valence-corrected chi connectivity index (χ4v) is 5.14. The van der Waals surface area contributed by atoms with Crippen molar-refractivity contribution in [1.82, 2.24) is 10.2 Å². The van der Waals surface area contributed by atoms with Crippen molar-refractivity contribution >= 4 is 29.2 Å². The first-order chi connectivity index (χ1) is 14.5. The summed E-state index contributed by atoms with van der Waals surface area (Å²) in [5.41, 5.74) is 0.902. The number of amides is 4. The maximum Gasteiger partial charge on any atom is 0.325 e. The first-order valence-electron chi connectivity index (χ1n) is 11.3. The van der Waals surface area contributed by atoms with Crippen LogP contribution >= 0.6 is 0 Å². The van der Waals surface area contributed by atoms with Crippen molar-refractivity contribution in [2.75, 3.05) is 29.9 Å². The predicted octanol–water partition coefficient (Wildman–Crippen LogP) is 3.51. The van der Waals surface area contributed by atoms with E-state index >= 15 is 0 Å². The number of hydrogen-bond acceptors (Lipinski definition) is 4. The van der Waals surface area contributed by atoms with Gasteiger partial charge in [-0.15, -0.1) is 0 Å². The molecule has 1 spiro atoms. The average Bonchev–Trinajstić information content (AvgIpc) is 2.92. The van der Waals surface area contributed by atoms with Gasteiger partial charge in [0.05, 0.1) is 11.4 Å². The summed E-state index contributed by atoms with van der Waals surface area (Å²) in [6, 6.07) is 7.32. The van der Waals surface area contributed by atoms with Crippen LogP contribution in [0.2, 0.25) is 0 Å². The molecule has 4 amide bonds. The largest absolute Gasteiger partial charge is 0.370 e. The Morgan fingerprint density at radius 1 is 1.10 bits per heavy atom. The molecule has 7 heteroatoms. The van der Waals surface area contributed by atoms with Crippen LogP contribution < -0.4 is 15.5 Å². The predicted molar refractivity (Wildman–Crippen MR) is 116 cm³/mol. The molecular formula is C23H32N4O3. The van der Waals surface area contributed by atoms with E-state index in [0.29, 0.717) is 6.42 Å². The van der Waals surface area contributed by atoms with E-state index in [2.05, 4.69) is 15.5 Å². The van der Waals surface area contributed by atoms with Crippen LogP contribution in [0.25, 0.3) is 0 Å². The van der Waals surface area contributed by atoms with E-state index in [1.807, 2.05) is 31.2 Å². The normalized spacial score (nSPS) is 27.2. The molecule has 2 atom stereocenters. The summed E-state index contributed by atoms with van der Waals surface area (Å²) < 4.78 is 0. The second kappa shape index (κ2) is 8.66. The monoisotopic (exact) mass is 412 g/mol. The first-order valence-corrected chi connectivity index (χ1v) is 11.3. The Balaban J connectivity index is 1.45. The summed E-state index contributed by atoms with van der Waals surface area (Å²) in [7, 11) is 0. The molecule has 1 aromatic rings. The lowest BCUT2D eigenvalue weighted by atomic mass is 9.73. The molecule has 30 heavy (non-hydrogen) atoms. The van der Waals surface area contributed by atoms with E-state index in [1.165, 1.54) is 12.8 Å². The lowest BCUT2D eigenvalue weighted by Gasteiger charge is -2.36. The number of imide groups is 1. The highest BCUT2D eigenvalue weighted by Gasteiger charge is 2.55. The SMILES string of the molecule is C[C@@H]1CCCC[C@@]12NC(=O)N(CC(=O)Nc1ccccc1N1CCCCCC1)C2=O. The van der Waals surface area contributed by atoms with Gasteiger partial charge in [0.2, 0.25) is 5.91 Å². The molecule has 4 rings (SSSR count). The van der Waals surface area contributed by atoms with E-state index < -0.39 is 11.6 Å². The number of rotatable bonds is 4. The van der Waals surface area contributed by atoms with Gasteiger partial charge in [-0.1, -0.05) is 44.7 Å². The number of anilines is 2. The third kappa shape index (κ3) is 3.89. The van der Waals surface area contributed by atoms with E-state index in [4.69, 9.17) is 0 Å². The Kier molecular flexibility index (Phi) is 5.97. The second-order valence-corrected chi connectivity index (χ2v) is 8.91. The van der Waals surface area contributed by atoms with Gasteiger partial charge in [0.15, 0.2) is 0 Å². The molecule has 1 saturated carbocycles. The first kappa shape index (κ1) is 20.7. The standard InChI is InChI=1S/C23H32N4O3/c1-17-10-6-7-13-23(17)21(29)27(22(30)25-23)16-20(28)24-18-11-4-5-12-19(18)26-14-8-2-3-9-15-26/h4-5,11-12,17H,2-3,6-10,13-16H2,1H3,(H,24,28)(H,25,30)/t17-,23-/m1/s1. The zero-order valence-electron chi connectivity index (χ0n) is 17.8. The number of nitrogens with one attached hydrogen (secondary N) is 2. The fourth-order valence-electron chi connectivity index (χ4n) is 5.14. The summed E-state index contributed by atoms with van der Waals surface area (Å²) in [6.07, 6.45) is 8.30. The molecule has 7 nitrogen and oxygen atoms in total. The number of nitrogens with zero attached hydrogens (tertiary/aromatic N) is 2. The lowest BCUT2D eigenvalue weighted by Crippen LogP contribution is -2.54. The molecule has 0 unspecified atom stereocenters. The molecule has 1 aliphatic carbocycles. The number of benzene rings is 1. The molecule has 0 radical (unpaired) electrons. The van der Waals surface area contributed by atoms with Gasteiger partial charge in [-0.3, -0.25) is 14.5 Å². The van der Waals surface area contributed by atoms with Crippen LogP contribution in [-0.4, -0.2) is 47.9 Å². The molecule has 0 bridgehead atoms. The Hall–Kier alpha value is -2.57. The van der Waals surface area contributed by atoms with Gasteiger partial charge >= 0.3 is 6.03 Å². The van der Waals surface area contributed by atoms with Crippen LogP contribution in [0.4, 0.5) is 16.2 Å². The summed E-state index contributed by atoms with van der Waals surface area (Å²) in [5, 5.41) is 5.85. The minimum Gasteiger partial charge on any atom is -0.370 e. The smallest absolute Gasteiger partial charge is 0.325 e. The van der Waals surface area contributed by atoms with Gasteiger partial charge in [-0.2, -0.15) is 0 Å². The summed E-state index contributed by atoms with van der Waals surface area (Å²) in [6.45, 7) is 3.70. The van der Waals surface area contributed by atoms with Gasteiger partial charge in [-0.05, 0) is 43.7 Å². The highest BCUT2D eigenvalue weighted by molar-refractivity contribution is 6.10. The van der Waals surface area contributed by atoms with Crippen molar-refractivity contribution < 1.29 is 14.4 Å². The van der Waals surface area contributed by atoms with E-state index in [-0.39, 0.29) is 24.3 Å². The summed E-state index contributed by atoms with van der Waals surface area (Å²) >= 11 is 0. The molecule has 2 saturated heterocycles. The number of hydrogen-bond donors (Lipinski definition) is 2. The molecule has 162 valence electrons. The molecule has 2 heterocycles. The van der Waals surface area contributed by atoms with Crippen molar-refractivity contribution in [3.8, 4) is 0 Å². The molecule has 1 aromatic carbocycles. The third-order valence-corrected chi connectivity index (χ3v) is 6.93. The Labute approximate surface area is 178 Å². The second-order valence-electron chi connectivity index (χ2n) is 8.91. The maximum atomic E-state index is 13.1. The average molecular weight is 413 g/mol. The highest BCUT2D eigenvalue weighted by Crippen LogP contribution is 2.38. The number of urea groups is 1. The third-order valence-electron chi connectivity index (χ3n) is 6.93. The van der Waals surface area contributed by atoms with Crippen LogP contribution in [0.1, 0.15) is 58.3 Å². The Morgan fingerprint density at radius 2 is 1.83 bits per heavy atom. The number of carbonyl (C=O) groups excluding carboxylic acids is 3. The van der Waals surface area contributed by atoms with Crippen LogP contribution in [0.5, 0.6) is 0 Å². The molecular weight excluding hydrogens is 380 g/mol. The zero-order chi connectivity index (χ0) is 21.1. The lowest BCUT2D eigenvalue weighted by molar-refractivity contribution is -0.136. The van der Waals surface area contributed by atoms with Crippen LogP contribution in [0, 0.1) is 5.92 Å². The maximum absolute atomic E-state index is 13.1. The van der Waals surface area contributed by atoms with Crippen LogP contribution in [0.3, 0.4) is 0 Å². The zero-order valence-corrected chi connectivity index (χ0v) is 17.8. The van der Waals surface area contributed by atoms with E-state index in [9.17, 15) is 14.4 Å². The van der Waals surface area contributed by atoms with Crippen molar-refractivity contribution in [3.05, 3.63) is 24.3 Å². The quantitative estimate of drug-likeness (QED) is 0.742. The summed E-state index contributed by atoms with van der Waals surface area (Å²) in [4.78, 5) is 41.9. The number of para-hydroxylation sites is 2. The Morgan fingerprint density at radius 3 is 2.57 bits per heavy atom. The highest BCUT2D eigenvalue weighted by atomic mass is 16.2. The molecule has 0 aromatic heterocycles. The minimum absolute atomic E-state index is 0.0829. The van der Waals surface area contributed by atoms with Gasteiger partial charge in [0.25, 0.3) is 5.91 Å². The topological polar surface area (TPSA) is 81.8 Å². The van der Waals surface area contributed by atoms with Crippen molar-refractivity contribution in [3.63, 3.8) is 0 Å². The molecule has 3 aliphatic rings. The minimum atomic E-state index is -0.834. The van der Waals surface area contributed by atoms with Gasteiger partial charge in [-0.25, -0.2) is 4.79 Å². The number of carbonyl (C=O) groups is 3. The van der Waals surface area contributed by atoms with Gasteiger partial charge in [0.1, 0.15) is 12.1 Å². The van der Waals surface area contributed by atoms with Crippen molar-refractivity contribution in [1.29, 1.82) is 0 Å². The van der Waals surface area contributed by atoms with Crippen molar-refractivity contribution in [2.24, 2.45) is 5.92 Å². The van der Waals surface area contributed by atoms with E-state index in [0.717, 1.165) is 61.5 Å². The molecule has 2 aliphatic heterocycles. The van der Waals surface area contributed by atoms with E-state index in [1.54, 1.807) is 0 Å². The van der Waals surface area contributed by atoms with Gasteiger partial charge < -0.3 is 15.5 Å². The van der Waals surface area contributed by atoms with Crippen LogP contribution in [0.15, 0.2) is 24.3 Å². The van der Waals surface area contributed by atoms with Crippen LogP contribution in [-0.2, 0) is 9.59 Å². The molecule has 3 fully saturated rings. The van der Waals surface area contributed by atoms with Gasteiger partial charge in [0, 0.05) is 13.1 Å². The summed E-state index contributed by atoms with van der Waals surface area (Å²) in [5.74, 6) is -0.517.